The van der Waals surface area contributed by atoms with E-state index in [4.69, 9.17) is 14.2 Å². The summed E-state index contributed by atoms with van der Waals surface area (Å²) in [6, 6.07) is 9.49. The minimum Gasteiger partial charge on any atom is -0.497 e. The monoisotopic (exact) mass is 429 g/mol. The van der Waals surface area contributed by atoms with Gasteiger partial charge < -0.3 is 14.2 Å². The van der Waals surface area contributed by atoms with E-state index in [1.165, 1.54) is 20.3 Å². The SMILES string of the molecule is COc1ccc(OC)c([C@@H](C)NS(=O)(=O)c2cc(Br)ccc2OC)c1. The van der Waals surface area contributed by atoms with Crippen LogP contribution >= 0.6 is 15.9 Å². The molecule has 0 aliphatic heterocycles. The predicted molar refractivity (Wildman–Crippen MR) is 99.0 cm³/mol. The van der Waals surface area contributed by atoms with Crippen LogP contribution in [0.15, 0.2) is 45.8 Å². The summed E-state index contributed by atoms with van der Waals surface area (Å²) in [6.07, 6.45) is 0. The Bertz CT molecular complexity index is 854. The highest BCUT2D eigenvalue weighted by molar-refractivity contribution is 9.10. The Labute approximate surface area is 156 Å². The molecule has 2 aromatic carbocycles. The van der Waals surface area contributed by atoms with Gasteiger partial charge in [0.2, 0.25) is 10.0 Å². The van der Waals surface area contributed by atoms with Gasteiger partial charge in [-0.1, -0.05) is 15.9 Å². The normalized spacial score (nSPS) is 12.5. The third-order valence-electron chi connectivity index (χ3n) is 3.65. The molecule has 136 valence electrons. The van der Waals surface area contributed by atoms with Gasteiger partial charge in [-0.3, -0.25) is 0 Å². The van der Waals surface area contributed by atoms with E-state index in [9.17, 15) is 8.42 Å². The van der Waals surface area contributed by atoms with E-state index in [1.54, 1.807) is 44.4 Å². The molecule has 0 aliphatic rings. The second-order valence-electron chi connectivity index (χ2n) is 5.25. The summed E-state index contributed by atoms with van der Waals surface area (Å²) in [4.78, 5) is 0.0538. The lowest BCUT2D eigenvalue weighted by atomic mass is 10.1. The largest absolute Gasteiger partial charge is 0.497 e. The van der Waals surface area contributed by atoms with E-state index in [2.05, 4.69) is 20.7 Å². The maximum absolute atomic E-state index is 12.8. The summed E-state index contributed by atoms with van der Waals surface area (Å²) >= 11 is 3.29. The molecule has 0 radical (unpaired) electrons. The van der Waals surface area contributed by atoms with Crippen LogP contribution < -0.4 is 18.9 Å². The highest BCUT2D eigenvalue weighted by atomic mass is 79.9. The zero-order chi connectivity index (χ0) is 18.6. The van der Waals surface area contributed by atoms with Crippen molar-refractivity contribution < 1.29 is 22.6 Å². The van der Waals surface area contributed by atoms with E-state index in [0.717, 1.165) is 0 Å². The van der Waals surface area contributed by atoms with Crippen molar-refractivity contribution in [3.8, 4) is 17.2 Å². The van der Waals surface area contributed by atoms with E-state index in [0.29, 0.717) is 21.5 Å². The molecule has 0 bridgehead atoms. The van der Waals surface area contributed by atoms with Crippen LogP contribution in [0.25, 0.3) is 0 Å². The second-order valence-corrected chi connectivity index (χ2v) is 7.84. The Morgan fingerprint density at radius 1 is 0.960 bits per heavy atom. The number of hydrogen-bond acceptors (Lipinski definition) is 5. The lowest BCUT2D eigenvalue weighted by Crippen LogP contribution is -2.27. The van der Waals surface area contributed by atoms with Crippen LogP contribution in [0.1, 0.15) is 18.5 Å². The number of sulfonamides is 1. The number of methoxy groups -OCH3 is 3. The Balaban J connectivity index is 2.40. The van der Waals surface area contributed by atoms with Gasteiger partial charge >= 0.3 is 0 Å². The van der Waals surface area contributed by atoms with E-state index >= 15 is 0 Å². The van der Waals surface area contributed by atoms with Crippen molar-refractivity contribution in [2.75, 3.05) is 21.3 Å². The molecule has 1 atom stereocenters. The van der Waals surface area contributed by atoms with Crippen molar-refractivity contribution in [2.45, 2.75) is 17.9 Å². The number of benzene rings is 2. The minimum atomic E-state index is -3.82. The molecule has 0 aromatic heterocycles. The molecular weight excluding hydrogens is 410 g/mol. The molecule has 6 nitrogen and oxygen atoms in total. The van der Waals surface area contributed by atoms with E-state index in [-0.39, 0.29) is 10.6 Å². The number of hydrogen-bond donors (Lipinski definition) is 1. The fourth-order valence-corrected chi connectivity index (χ4v) is 4.33. The molecular formula is C17H20BrNO5S. The molecule has 0 fully saturated rings. The summed E-state index contributed by atoms with van der Waals surface area (Å²) in [6.45, 7) is 1.74. The summed E-state index contributed by atoms with van der Waals surface area (Å²) in [7, 11) is 0.689. The second kappa shape index (κ2) is 8.07. The standard InChI is InChI=1S/C17H20BrNO5S/c1-11(14-10-13(22-2)6-8-15(14)23-3)19-25(20,21)17-9-12(18)5-7-16(17)24-4/h5-11,19H,1-4H3/t11-/m1/s1. The molecule has 0 amide bonds. The third-order valence-corrected chi connectivity index (χ3v) is 5.71. The Morgan fingerprint density at radius 3 is 2.20 bits per heavy atom. The van der Waals surface area contributed by atoms with E-state index < -0.39 is 16.1 Å². The third kappa shape index (κ3) is 4.45. The van der Waals surface area contributed by atoms with Gasteiger partial charge in [0.1, 0.15) is 22.1 Å². The van der Waals surface area contributed by atoms with Gasteiger partial charge in [0.05, 0.1) is 21.3 Å². The van der Waals surface area contributed by atoms with Crippen molar-refractivity contribution in [1.29, 1.82) is 0 Å². The molecule has 2 aromatic rings. The van der Waals surface area contributed by atoms with Crippen LogP contribution in [0.3, 0.4) is 0 Å². The molecule has 0 heterocycles. The van der Waals surface area contributed by atoms with Crippen LogP contribution in [0.5, 0.6) is 17.2 Å². The molecule has 0 unspecified atom stereocenters. The van der Waals surface area contributed by atoms with Crippen LogP contribution in [0, 0.1) is 0 Å². The minimum absolute atomic E-state index is 0.0538. The van der Waals surface area contributed by atoms with Gasteiger partial charge in [0, 0.05) is 16.1 Å². The Kier molecular flexibility index (Phi) is 6.31. The quantitative estimate of drug-likeness (QED) is 0.728. The smallest absolute Gasteiger partial charge is 0.244 e. The first-order valence-corrected chi connectivity index (χ1v) is 9.67. The van der Waals surface area contributed by atoms with Crippen LogP contribution in [0.2, 0.25) is 0 Å². The van der Waals surface area contributed by atoms with Crippen LogP contribution in [0.4, 0.5) is 0 Å². The van der Waals surface area contributed by atoms with E-state index in [1.807, 2.05) is 0 Å². The van der Waals surface area contributed by atoms with Crippen molar-refractivity contribution in [1.82, 2.24) is 4.72 Å². The summed E-state index contributed by atoms with van der Waals surface area (Å²) in [5.74, 6) is 1.44. The number of ether oxygens (including phenoxy) is 3. The van der Waals surface area contributed by atoms with Gasteiger partial charge in [0.25, 0.3) is 0 Å². The van der Waals surface area contributed by atoms with Gasteiger partial charge in [0.15, 0.2) is 0 Å². The Morgan fingerprint density at radius 2 is 1.60 bits per heavy atom. The van der Waals surface area contributed by atoms with Crippen LogP contribution in [-0.2, 0) is 10.0 Å². The van der Waals surface area contributed by atoms with Gasteiger partial charge in [-0.05, 0) is 43.3 Å². The molecule has 0 saturated heterocycles. The summed E-state index contributed by atoms with van der Waals surface area (Å²) in [5, 5.41) is 0. The first-order chi connectivity index (χ1) is 11.8. The van der Waals surface area contributed by atoms with Crippen LogP contribution in [-0.4, -0.2) is 29.7 Å². The fraction of sp³-hybridized carbons (Fsp3) is 0.294. The molecule has 0 spiro atoms. The molecule has 2 rings (SSSR count). The first kappa shape index (κ1) is 19.6. The lowest BCUT2D eigenvalue weighted by Gasteiger charge is -2.19. The lowest BCUT2D eigenvalue weighted by molar-refractivity contribution is 0.394. The first-order valence-electron chi connectivity index (χ1n) is 7.40. The number of halogens is 1. The van der Waals surface area contributed by atoms with Crippen molar-refractivity contribution in [3.05, 3.63) is 46.4 Å². The van der Waals surface area contributed by atoms with Crippen molar-refractivity contribution in [3.63, 3.8) is 0 Å². The zero-order valence-corrected chi connectivity index (χ0v) is 16.8. The maximum atomic E-state index is 12.8. The zero-order valence-electron chi connectivity index (χ0n) is 14.4. The highest BCUT2D eigenvalue weighted by Crippen LogP contribution is 2.32. The summed E-state index contributed by atoms with van der Waals surface area (Å²) < 4.78 is 44.6. The van der Waals surface area contributed by atoms with Gasteiger partial charge in [-0.15, -0.1) is 0 Å². The average Bonchev–Trinajstić information content (AvgIpc) is 2.60. The Hall–Kier alpha value is -1.77. The average molecular weight is 430 g/mol. The molecule has 0 aliphatic carbocycles. The van der Waals surface area contributed by atoms with Crippen molar-refractivity contribution >= 4 is 26.0 Å². The topological polar surface area (TPSA) is 73.9 Å². The highest BCUT2D eigenvalue weighted by Gasteiger charge is 2.24. The molecule has 8 heteroatoms. The fourth-order valence-electron chi connectivity index (χ4n) is 2.40. The molecule has 0 saturated carbocycles. The van der Waals surface area contributed by atoms with Gasteiger partial charge in [-0.25, -0.2) is 13.1 Å². The maximum Gasteiger partial charge on any atom is 0.244 e. The summed E-state index contributed by atoms with van der Waals surface area (Å²) in [5.41, 5.74) is 0.666. The van der Waals surface area contributed by atoms with Crippen molar-refractivity contribution in [2.24, 2.45) is 0 Å². The number of nitrogens with one attached hydrogen (secondary N) is 1. The van der Waals surface area contributed by atoms with Gasteiger partial charge in [-0.2, -0.15) is 0 Å². The predicted octanol–water partition coefficient (Wildman–Crippen LogP) is 3.51. The molecule has 1 N–H and O–H groups in total. The number of rotatable bonds is 7. The molecule has 25 heavy (non-hydrogen) atoms.